The Morgan fingerprint density at radius 1 is 0.800 bits per heavy atom. The number of hydrogen-bond donors (Lipinski definition) is 1. The summed E-state index contributed by atoms with van der Waals surface area (Å²) in [6.45, 7) is 0. The molecular formula is C13H6Br5NO. The Balaban J connectivity index is 2.33. The Hall–Kier alpha value is 0.310. The van der Waals surface area contributed by atoms with Crippen LogP contribution in [0.3, 0.4) is 0 Å². The van der Waals surface area contributed by atoms with Gasteiger partial charge in [0.25, 0.3) is 5.91 Å². The van der Waals surface area contributed by atoms with Crippen molar-refractivity contribution in [3.8, 4) is 0 Å². The van der Waals surface area contributed by atoms with Crippen molar-refractivity contribution >= 4 is 91.2 Å². The number of nitrogens with one attached hydrogen (secondary N) is 1. The average Bonchev–Trinajstić information content (AvgIpc) is 2.33. The lowest BCUT2D eigenvalue weighted by Crippen LogP contribution is -2.13. The lowest BCUT2D eigenvalue weighted by Gasteiger charge is -2.11. The molecule has 20 heavy (non-hydrogen) atoms. The SMILES string of the molecule is O=C(Nc1c(Br)cc(Br)cc1Br)c1ccc(Br)cc1Br. The standard InChI is InChI=1S/C13H6Br5NO/c14-6-1-2-8(9(16)3-6)13(20)19-12-10(17)4-7(15)5-11(12)18/h1-5H,(H,19,20). The van der Waals surface area contributed by atoms with Crippen LogP contribution in [0.1, 0.15) is 10.4 Å². The van der Waals surface area contributed by atoms with E-state index in [1.807, 2.05) is 24.3 Å². The lowest BCUT2D eigenvalue weighted by molar-refractivity contribution is 0.102. The molecular weight excluding hydrogens is 586 g/mol. The summed E-state index contributed by atoms with van der Waals surface area (Å²) in [6.07, 6.45) is 0. The van der Waals surface area contributed by atoms with E-state index in [1.54, 1.807) is 6.07 Å². The van der Waals surface area contributed by atoms with Gasteiger partial charge in [-0.05, 0) is 78.1 Å². The molecule has 0 aliphatic heterocycles. The van der Waals surface area contributed by atoms with Gasteiger partial charge < -0.3 is 5.32 Å². The van der Waals surface area contributed by atoms with Crippen molar-refractivity contribution in [3.05, 3.63) is 58.3 Å². The van der Waals surface area contributed by atoms with Crippen molar-refractivity contribution in [2.75, 3.05) is 5.32 Å². The number of halogens is 5. The summed E-state index contributed by atoms with van der Waals surface area (Å²) in [7, 11) is 0. The van der Waals surface area contributed by atoms with Gasteiger partial charge in [0, 0.05) is 22.4 Å². The van der Waals surface area contributed by atoms with Crippen molar-refractivity contribution in [1.29, 1.82) is 0 Å². The van der Waals surface area contributed by atoms with Gasteiger partial charge in [0.1, 0.15) is 0 Å². The Bertz CT molecular complexity index is 663. The maximum absolute atomic E-state index is 12.3. The van der Waals surface area contributed by atoms with Crippen molar-refractivity contribution < 1.29 is 4.79 Å². The van der Waals surface area contributed by atoms with Gasteiger partial charge in [-0.15, -0.1) is 0 Å². The van der Waals surface area contributed by atoms with Gasteiger partial charge in [-0.1, -0.05) is 31.9 Å². The molecule has 0 saturated heterocycles. The van der Waals surface area contributed by atoms with Crippen LogP contribution in [-0.4, -0.2) is 5.91 Å². The van der Waals surface area contributed by atoms with E-state index < -0.39 is 0 Å². The highest BCUT2D eigenvalue weighted by atomic mass is 79.9. The predicted octanol–water partition coefficient (Wildman–Crippen LogP) is 6.75. The highest BCUT2D eigenvalue weighted by Crippen LogP contribution is 2.35. The first-order chi connectivity index (χ1) is 9.38. The zero-order valence-electron chi connectivity index (χ0n) is 9.68. The number of carbonyl (C=O) groups is 1. The Labute approximate surface area is 158 Å². The van der Waals surface area contributed by atoms with Crippen molar-refractivity contribution in [2.24, 2.45) is 0 Å². The lowest BCUT2D eigenvalue weighted by atomic mass is 10.2. The molecule has 0 heterocycles. The second kappa shape index (κ2) is 7.05. The largest absolute Gasteiger partial charge is 0.320 e. The maximum Gasteiger partial charge on any atom is 0.256 e. The fourth-order valence-corrected chi connectivity index (χ4v) is 5.20. The van der Waals surface area contributed by atoms with Gasteiger partial charge >= 0.3 is 0 Å². The first-order valence-corrected chi connectivity index (χ1v) is 9.26. The molecule has 0 aromatic heterocycles. The highest BCUT2D eigenvalue weighted by molar-refractivity contribution is 9.12. The van der Waals surface area contributed by atoms with Crippen molar-refractivity contribution in [1.82, 2.24) is 0 Å². The Morgan fingerprint density at radius 3 is 1.90 bits per heavy atom. The summed E-state index contributed by atoms with van der Waals surface area (Å²) >= 11 is 17.0. The molecule has 1 N–H and O–H groups in total. The van der Waals surface area contributed by atoms with Crippen LogP contribution in [0.15, 0.2) is 52.7 Å². The zero-order chi connectivity index (χ0) is 14.9. The molecule has 0 atom stereocenters. The summed E-state index contributed by atoms with van der Waals surface area (Å²) in [5, 5.41) is 2.88. The van der Waals surface area contributed by atoms with E-state index >= 15 is 0 Å². The number of anilines is 1. The molecule has 0 spiro atoms. The summed E-state index contributed by atoms with van der Waals surface area (Å²) in [5.41, 5.74) is 1.25. The number of benzene rings is 2. The average molecular weight is 592 g/mol. The molecule has 104 valence electrons. The molecule has 2 nitrogen and oxygen atoms in total. The molecule has 0 bridgehead atoms. The Kier molecular flexibility index (Phi) is 5.88. The second-order valence-corrected chi connectivity index (χ2v) is 8.22. The van der Waals surface area contributed by atoms with Gasteiger partial charge in [0.05, 0.1) is 11.3 Å². The van der Waals surface area contributed by atoms with E-state index in [9.17, 15) is 4.79 Å². The van der Waals surface area contributed by atoms with Crippen LogP contribution in [0.4, 0.5) is 5.69 Å². The normalized spacial score (nSPS) is 10.4. The zero-order valence-corrected chi connectivity index (χ0v) is 17.6. The van der Waals surface area contributed by atoms with Gasteiger partial charge in [0.15, 0.2) is 0 Å². The Morgan fingerprint density at radius 2 is 1.35 bits per heavy atom. The van der Waals surface area contributed by atoms with Crippen LogP contribution in [0.5, 0.6) is 0 Å². The van der Waals surface area contributed by atoms with E-state index in [0.29, 0.717) is 11.3 Å². The summed E-state index contributed by atoms with van der Waals surface area (Å²) in [4.78, 5) is 12.3. The molecule has 0 aliphatic carbocycles. The molecule has 2 rings (SSSR count). The minimum absolute atomic E-state index is 0.187. The fourth-order valence-electron chi connectivity index (χ4n) is 1.52. The molecule has 0 saturated carbocycles. The van der Waals surface area contributed by atoms with Gasteiger partial charge in [0.2, 0.25) is 0 Å². The smallest absolute Gasteiger partial charge is 0.256 e. The van der Waals surface area contributed by atoms with Crippen molar-refractivity contribution in [3.63, 3.8) is 0 Å². The summed E-state index contributed by atoms with van der Waals surface area (Å²) in [6, 6.07) is 9.16. The van der Waals surface area contributed by atoms with Crippen LogP contribution in [0, 0.1) is 0 Å². The molecule has 0 fully saturated rings. The fraction of sp³-hybridized carbons (Fsp3) is 0. The minimum Gasteiger partial charge on any atom is -0.320 e. The van der Waals surface area contributed by atoms with Gasteiger partial charge in [-0.25, -0.2) is 0 Å². The summed E-state index contributed by atoms with van der Waals surface area (Å²) < 4.78 is 4.14. The monoisotopic (exact) mass is 587 g/mol. The molecule has 0 radical (unpaired) electrons. The molecule has 0 aliphatic rings. The van der Waals surface area contributed by atoms with E-state index in [4.69, 9.17) is 0 Å². The maximum atomic E-state index is 12.3. The van der Waals surface area contributed by atoms with E-state index in [-0.39, 0.29) is 5.91 Å². The van der Waals surface area contributed by atoms with E-state index in [2.05, 4.69) is 85.0 Å². The minimum atomic E-state index is -0.187. The summed E-state index contributed by atoms with van der Waals surface area (Å²) in [5.74, 6) is -0.187. The third-order valence-electron chi connectivity index (χ3n) is 2.42. The van der Waals surface area contributed by atoms with Crippen LogP contribution in [-0.2, 0) is 0 Å². The number of carbonyl (C=O) groups excluding carboxylic acids is 1. The number of rotatable bonds is 2. The molecule has 2 aromatic rings. The molecule has 7 heteroatoms. The molecule has 2 aromatic carbocycles. The quantitative estimate of drug-likeness (QED) is 0.411. The topological polar surface area (TPSA) is 29.1 Å². The number of hydrogen-bond acceptors (Lipinski definition) is 1. The predicted molar refractivity (Wildman–Crippen MR) is 99.3 cm³/mol. The van der Waals surface area contributed by atoms with Gasteiger partial charge in [-0.2, -0.15) is 0 Å². The van der Waals surface area contributed by atoms with Crippen LogP contribution in [0.25, 0.3) is 0 Å². The third-order valence-corrected chi connectivity index (χ3v) is 5.28. The molecule has 1 amide bonds. The first kappa shape index (κ1) is 16.7. The van der Waals surface area contributed by atoms with Crippen LogP contribution in [0.2, 0.25) is 0 Å². The molecule has 0 unspecified atom stereocenters. The van der Waals surface area contributed by atoms with Crippen LogP contribution >= 0.6 is 79.6 Å². The van der Waals surface area contributed by atoms with Crippen LogP contribution < -0.4 is 5.32 Å². The second-order valence-electron chi connectivity index (χ2n) is 3.82. The first-order valence-electron chi connectivity index (χ1n) is 5.29. The highest BCUT2D eigenvalue weighted by Gasteiger charge is 2.14. The number of amides is 1. The van der Waals surface area contributed by atoms with E-state index in [0.717, 1.165) is 22.4 Å². The van der Waals surface area contributed by atoms with Crippen molar-refractivity contribution in [2.45, 2.75) is 0 Å². The van der Waals surface area contributed by atoms with Gasteiger partial charge in [-0.3, -0.25) is 4.79 Å². The van der Waals surface area contributed by atoms with E-state index in [1.165, 1.54) is 0 Å². The third kappa shape index (κ3) is 3.94.